The summed E-state index contributed by atoms with van der Waals surface area (Å²) in [5.74, 6) is -0.583. The monoisotopic (exact) mass is 313 g/mol. The zero-order valence-corrected chi connectivity index (χ0v) is 14.2. The SMILES string of the molecule is C[Si](C)OCC[C@@H]1OC(C)(C)O[C@H]1c1ccccc1Cl. The minimum Gasteiger partial charge on any atom is -0.417 e. The van der Waals surface area contributed by atoms with Gasteiger partial charge in [0.25, 0.3) is 0 Å². The van der Waals surface area contributed by atoms with Crippen LogP contribution in [0.2, 0.25) is 18.1 Å². The Hall–Kier alpha value is -0.393. The van der Waals surface area contributed by atoms with Gasteiger partial charge in [0.2, 0.25) is 9.04 Å². The van der Waals surface area contributed by atoms with Crippen LogP contribution in [0, 0.1) is 0 Å². The maximum atomic E-state index is 6.29. The molecule has 1 heterocycles. The topological polar surface area (TPSA) is 27.7 Å². The first kappa shape index (κ1) is 16.0. The molecular formula is C15H22ClO3Si. The lowest BCUT2D eigenvalue weighted by Gasteiger charge is -2.18. The van der Waals surface area contributed by atoms with Gasteiger partial charge in [-0.25, -0.2) is 0 Å². The molecule has 1 aromatic rings. The van der Waals surface area contributed by atoms with E-state index >= 15 is 0 Å². The van der Waals surface area contributed by atoms with Crippen LogP contribution in [0.15, 0.2) is 24.3 Å². The summed E-state index contributed by atoms with van der Waals surface area (Å²) in [6.45, 7) is 8.84. The van der Waals surface area contributed by atoms with Crippen molar-refractivity contribution in [1.29, 1.82) is 0 Å². The van der Waals surface area contributed by atoms with E-state index in [1.165, 1.54) is 0 Å². The van der Waals surface area contributed by atoms with Crippen molar-refractivity contribution in [1.82, 2.24) is 0 Å². The predicted molar refractivity (Wildman–Crippen MR) is 82.3 cm³/mol. The van der Waals surface area contributed by atoms with Crippen LogP contribution >= 0.6 is 11.6 Å². The molecule has 111 valence electrons. The van der Waals surface area contributed by atoms with E-state index in [4.69, 9.17) is 25.5 Å². The summed E-state index contributed by atoms with van der Waals surface area (Å²) in [6, 6.07) is 7.79. The second kappa shape index (κ2) is 6.58. The summed E-state index contributed by atoms with van der Waals surface area (Å²) in [5, 5.41) is 0.723. The molecule has 3 nitrogen and oxygen atoms in total. The lowest BCUT2D eigenvalue weighted by atomic mass is 10.0. The van der Waals surface area contributed by atoms with Gasteiger partial charge in [-0.2, -0.15) is 0 Å². The molecule has 2 rings (SSSR count). The normalized spacial score (nSPS) is 25.3. The number of hydrogen-bond donors (Lipinski definition) is 0. The molecule has 1 aromatic carbocycles. The number of halogens is 1. The molecule has 0 bridgehead atoms. The Morgan fingerprint density at radius 3 is 2.60 bits per heavy atom. The maximum Gasteiger partial charge on any atom is 0.204 e. The summed E-state index contributed by atoms with van der Waals surface area (Å²) in [4.78, 5) is 0. The Kier molecular flexibility index (Phi) is 5.26. The Morgan fingerprint density at radius 2 is 1.95 bits per heavy atom. The van der Waals surface area contributed by atoms with Crippen LogP contribution in [0.3, 0.4) is 0 Å². The highest BCUT2D eigenvalue weighted by Gasteiger charge is 2.42. The minimum absolute atomic E-state index is 0.0220. The average molecular weight is 314 g/mol. The minimum atomic E-state index is -0.666. The Balaban J connectivity index is 2.10. The first-order chi connectivity index (χ1) is 9.39. The van der Waals surface area contributed by atoms with Crippen LogP contribution in [0.1, 0.15) is 31.9 Å². The Bertz CT molecular complexity index is 450. The van der Waals surface area contributed by atoms with Crippen LogP contribution in [-0.2, 0) is 13.9 Å². The van der Waals surface area contributed by atoms with Crippen molar-refractivity contribution in [3.8, 4) is 0 Å². The van der Waals surface area contributed by atoms with Gasteiger partial charge < -0.3 is 13.9 Å². The van der Waals surface area contributed by atoms with Gasteiger partial charge in [-0.1, -0.05) is 29.8 Å². The highest BCUT2D eigenvalue weighted by Crippen LogP contribution is 2.41. The predicted octanol–water partition coefficient (Wildman–Crippen LogP) is 4.19. The van der Waals surface area contributed by atoms with E-state index in [2.05, 4.69) is 13.1 Å². The Labute approximate surface area is 127 Å². The van der Waals surface area contributed by atoms with Gasteiger partial charge in [0.1, 0.15) is 6.10 Å². The van der Waals surface area contributed by atoms with Gasteiger partial charge in [0.15, 0.2) is 5.79 Å². The summed E-state index contributed by atoms with van der Waals surface area (Å²) in [5.41, 5.74) is 0.989. The Morgan fingerprint density at radius 1 is 1.25 bits per heavy atom. The summed E-state index contributed by atoms with van der Waals surface area (Å²) in [7, 11) is -0.666. The molecule has 0 unspecified atom stereocenters. The molecule has 1 radical (unpaired) electrons. The van der Waals surface area contributed by atoms with Crippen molar-refractivity contribution in [2.75, 3.05) is 6.61 Å². The number of rotatable bonds is 5. The van der Waals surface area contributed by atoms with Crippen molar-refractivity contribution in [2.45, 2.75) is 51.4 Å². The molecule has 1 saturated heterocycles. The molecule has 0 amide bonds. The highest BCUT2D eigenvalue weighted by atomic mass is 35.5. The maximum absolute atomic E-state index is 6.29. The number of hydrogen-bond acceptors (Lipinski definition) is 3. The average Bonchev–Trinajstić information content (AvgIpc) is 2.65. The van der Waals surface area contributed by atoms with Gasteiger partial charge in [-0.3, -0.25) is 0 Å². The van der Waals surface area contributed by atoms with Crippen molar-refractivity contribution in [3.63, 3.8) is 0 Å². The van der Waals surface area contributed by atoms with Crippen LogP contribution in [-0.4, -0.2) is 27.5 Å². The summed E-state index contributed by atoms with van der Waals surface area (Å²) in [6.07, 6.45) is 0.660. The quantitative estimate of drug-likeness (QED) is 0.763. The highest BCUT2D eigenvalue weighted by molar-refractivity contribution is 6.48. The second-order valence-corrected chi connectivity index (χ2v) is 8.17. The van der Waals surface area contributed by atoms with Gasteiger partial charge in [0, 0.05) is 17.2 Å². The summed E-state index contributed by atoms with van der Waals surface area (Å²) >= 11 is 6.29. The third kappa shape index (κ3) is 4.05. The van der Waals surface area contributed by atoms with E-state index in [0.29, 0.717) is 6.61 Å². The zero-order valence-electron chi connectivity index (χ0n) is 12.5. The molecular weight excluding hydrogens is 292 g/mol. The van der Waals surface area contributed by atoms with Gasteiger partial charge in [0.05, 0.1) is 6.10 Å². The zero-order chi connectivity index (χ0) is 14.8. The third-order valence-electron chi connectivity index (χ3n) is 3.19. The van der Waals surface area contributed by atoms with E-state index in [9.17, 15) is 0 Å². The fourth-order valence-corrected chi connectivity index (χ4v) is 3.16. The molecule has 0 N–H and O–H groups in total. The largest absolute Gasteiger partial charge is 0.417 e. The van der Waals surface area contributed by atoms with Gasteiger partial charge in [-0.05, 0) is 39.4 Å². The third-order valence-corrected chi connectivity index (χ3v) is 4.31. The standard InChI is InChI=1S/C15H22ClO3Si/c1-15(2)18-13(9-10-17-20(3)4)14(19-15)11-7-5-6-8-12(11)16/h5-8,13-14H,9-10H2,1-4H3/t13-,14-/m0/s1. The van der Waals surface area contributed by atoms with Gasteiger partial charge in [-0.15, -0.1) is 0 Å². The van der Waals surface area contributed by atoms with Crippen molar-refractivity contribution in [3.05, 3.63) is 34.9 Å². The van der Waals surface area contributed by atoms with E-state index in [0.717, 1.165) is 17.0 Å². The van der Waals surface area contributed by atoms with E-state index in [1.54, 1.807) is 0 Å². The van der Waals surface area contributed by atoms with Crippen LogP contribution < -0.4 is 0 Å². The fourth-order valence-electron chi connectivity index (χ4n) is 2.39. The lowest BCUT2D eigenvalue weighted by Crippen LogP contribution is -2.23. The van der Waals surface area contributed by atoms with Crippen molar-refractivity contribution < 1.29 is 13.9 Å². The second-order valence-electron chi connectivity index (χ2n) is 5.66. The molecule has 2 atom stereocenters. The molecule has 1 fully saturated rings. The fraction of sp³-hybridized carbons (Fsp3) is 0.600. The van der Waals surface area contributed by atoms with Crippen molar-refractivity contribution in [2.24, 2.45) is 0 Å². The molecule has 1 aliphatic rings. The van der Waals surface area contributed by atoms with Crippen LogP contribution in [0.5, 0.6) is 0 Å². The first-order valence-corrected chi connectivity index (χ1v) is 9.71. The molecule has 0 spiro atoms. The van der Waals surface area contributed by atoms with Crippen LogP contribution in [0.4, 0.5) is 0 Å². The number of ether oxygens (including phenoxy) is 2. The smallest absolute Gasteiger partial charge is 0.204 e. The molecule has 5 heteroatoms. The van der Waals surface area contributed by atoms with E-state index in [1.807, 2.05) is 38.1 Å². The van der Waals surface area contributed by atoms with E-state index in [-0.39, 0.29) is 12.2 Å². The van der Waals surface area contributed by atoms with E-state index < -0.39 is 14.8 Å². The molecule has 20 heavy (non-hydrogen) atoms. The molecule has 0 saturated carbocycles. The van der Waals surface area contributed by atoms with Gasteiger partial charge >= 0.3 is 0 Å². The summed E-state index contributed by atoms with van der Waals surface area (Å²) < 4.78 is 17.8. The first-order valence-electron chi connectivity index (χ1n) is 6.92. The molecule has 0 aromatic heterocycles. The molecule has 1 aliphatic heterocycles. The van der Waals surface area contributed by atoms with Crippen LogP contribution in [0.25, 0.3) is 0 Å². The lowest BCUT2D eigenvalue weighted by molar-refractivity contribution is -0.147. The molecule has 0 aliphatic carbocycles. The number of benzene rings is 1. The van der Waals surface area contributed by atoms with Crippen molar-refractivity contribution >= 4 is 20.6 Å².